The van der Waals surface area contributed by atoms with Gasteiger partial charge >= 0.3 is 0 Å². The Labute approximate surface area is 96.4 Å². The second-order valence-corrected chi connectivity index (χ2v) is 3.95. The number of hydrogen-bond donors (Lipinski definition) is 1. The number of hydrogen-bond acceptors (Lipinski definition) is 2. The molecule has 2 rings (SSSR count). The average molecular weight is 212 g/mol. The van der Waals surface area contributed by atoms with Crippen molar-refractivity contribution in [1.82, 2.24) is 10.3 Å². The van der Waals surface area contributed by atoms with Crippen LogP contribution in [0.4, 0.5) is 0 Å². The molecule has 0 saturated carbocycles. The van der Waals surface area contributed by atoms with Crippen LogP contribution in [0.5, 0.6) is 0 Å². The molecule has 1 aromatic carbocycles. The van der Waals surface area contributed by atoms with E-state index in [1.807, 2.05) is 12.3 Å². The van der Waals surface area contributed by atoms with Crippen molar-refractivity contribution >= 4 is 0 Å². The summed E-state index contributed by atoms with van der Waals surface area (Å²) in [5, 5.41) is 3.41. The molecule has 0 aliphatic rings. The molecule has 2 aromatic rings. The van der Waals surface area contributed by atoms with Gasteiger partial charge in [0.2, 0.25) is 0 Å². The molecule has 0 bridgehead atoms. The van der Waals surface area contributed by atoms with Crippen molar-refractivity contribution in [2.75, 3.05) is 0 Å². The lowest BCUT2D eigenvalue weighted by Gasteiger charge is -2.05. The highest BCUT2D eigenvalue weighted by Gasteiger charge is 1.94. The van der Waals surface area contributed by atoms with E-state index in [2.05, 4.69) is 47.6 Å². The monoisotopic (exact) mass is 212 g/mol. The number of nitrogens with zero attached hydrogens (tertiary/aromatic N) is 1. The summed E-state index contributed by atoms with van der Waals surface area (Å²) in [5.41, 5.74) is 3.85. The number of pyridine rings is 1. The molecule has 0 aliphatic heterocycles. The average Bonchev–Trinajstić information content (AvgIpc) is 2.30. The lowest BCUT2D eigenvalue weighted by Crippen LogP contribution is -2.12. The Bertz CT molecular complexity index is 437. The van der Waals surface area contributed by atoms with Gasteiger partial charge in [-0.05, 0) is 24.1 Å². The molecule has 2 nitrogen and oxygen atoms in total. The Balaban J connectivity index is 1.85. The molecule has 0 saturated heterocycles. The van der Waals surface area contributed by atoms with Gasteiger partial charge in [0.05, 0.1) is 0 Å². The molecule has 0 spiro atoms. The Morgan fingerprint density at radius 1 is 1.06 bits per heavy atom. The minimum Gasteiger partial charge on any atom is -0.309 e. The number of aryl methyl sites for hydroxylation is 1. The molecule has 1 heterocycles. The fourth-order valence-corrected chi connectivity index (χ4v) is 1.68. The zero-order valence-electron chi connectivity index (χ0n) is 9.48. The third kappa shape index (κ3) is 3.17. The summed E-state index contributed by atoms with van der Waals surface area (Å²) in [6, 6.07) is 12.6. The molecule has 0 radical (unpaired) electrons. The van der Waals surface area contributed by atoms with Crippen molar-refractivity contribution in [3.63, 3.8) is 0 Å². The van der Waals surface area contributed by atoms with Crippen LogP contribution in [0.15, 0.2) is 48.8 Å². The van der Waals surface area contributed by atoms with Gasteiger partial charge in [0.15, 0.2) is 0 Å². The zero-order chi connectivity index (χ0) is 11.2. The smallest absolute Gasteiger partial charge is 0.0312 e. The summed E-state index contributed by atoms with van der Waals surface area (Å²) in [7, 11) is 0. The fourth-order valence-electron chi connectivity index (χ4n) is 1.68. The number of aromatic nitrogens is 1. The molecule has 1 N–H and O–H groups in total. The first kappa shape index (κ1) is 10.8. The van der Waals surface area contributed by atoms with Crippen LogP contribution in [0.1, 0.15) is 16.7 Å². The molecule has 0 aliphatic carbocycles. The third-order valence-electron chi connectivity index (χ3n) is 2.46. The van der Waals surface area contributed by atoms with Gasteiger partial charge in [0.25, 0.3) is 0 Å². The highest BCUT2D eigenvalue weighted by Crippen LogP contribution is 2.03. The number of benzene rings is 1. The van der Waals surface area contributed by atoms with Crippen LogP contribution in [0.2, 0.25) is 0 Å². The van der Waals surface area contributed by atoms with E-state index < -0.39 is 0 Å². The Kier molecular flexibility index (Phi) is 3.67. The normalized spacial score (nSPS) is 10.3. The predicted octanol–water partition coefficient (Wildman–Crippen LogP) is 2.68. The van der Waals surface area contributed by atoms with Gasteiger partial charge in [-0.1, -0.05) is 35.9 Å². The van der Waals surface area contributed by atoms with Crippen LogP contribution in [-0.2, 0) is 13.1 Å². The second kappa shape index (κ2) is 5.42. The number of nitrogens with one attached hydrogen (secondary N) is 1. The van der Waals surface area contributed by atoms with Crippen LogP contribution in [0.3, 0.4) is 0 Å². The Morgan fingerprint density at radius 3 is 2.62 bits per heavy atom. The van der Waals surface area contributed by atoms with E-state index >= 15 is 0 Å². The van der Waals surface area contributed by atoms with E-state index in [-0.39, 0.29) is 0 Å². The van der Waals surface area contributed by atoms with E-state index in [0.717, 1.165) is 13.1 Å². The molecule has 0 unspecified atom stereocenters. The fraction of sp³-hybridized carbons (Fsp3) is 0.214. The lowest BCUT2D eigenvalue weighted by molar-refractivity contribution is 0.691. The second-order valence-electron chi connectivity index (χ2n) is 3.95. The van der Waals surface area contributed by atoms with Crippen LogP contribution in [0, 0.1) is 6.92 Å². The topological polar surface area (TPSA) is 24.9 Å². The maximum Gasteiger partial charge on any atom is 0.0312 e. The minimum atomic E-state index is 0.863. The number of rotatable bonds is 4. The van der Waals surface area contributed by atoms with Gasteiger partial charge in [-0.2, -0.15) is 0 Å². The molecular weight excluding hydrogens is 196 g/mol. The first-order chi connectivity index (χ1) is 7.84. The van der Waals surface area contributed by atoms with Gasteiger partial charge in [-0.25, -0.2) is 0 Å². The van der Waals surface area contributed by atoms with Gasteiger partial charge in [-0.15, -0.1) is 0 Å². The van der Waals surface area contributed by atoms with Crippen LogP contribution in [-0.4, -0.2) is 4.98 Å². The highest BCUT2D eigenvalue weighted by atomic mass is 14.8. The summed E-state index contributed by atoms with van der Waals surface area (Å²) >= 11 is 0. The van der Waals surface area contributed by atoms with E-state index in [9.17, 15) is 0 Å². The van der Waals surface area contributed by atoms with Crippen molar-refractivity contribution in [3.8, 4) is 0 Å². The first-order valence-electron chi connectivity index (χ1n) is 5.50. The van der Waals surface area contributed by atoms with Crippen molar-refractivity contribution < 1.29 is 0 Å². The van der Waals surface area contributed by atoms with Gasteiger partial charge in [0, 0.05) is 25.5 Å². The highest BCUT2D eigenvalue weighted by molar-refractivity contribution is 5.22. The largest absolute Gasteiger partial charge is 0.309 e. The first-order valence-corrected chi connectivity index (χ1v) is 5.50. The SMILES string of the molecule is Cc1cccc(CNCc2cccnc2)c1. The molecule has 0 atom stereocenters. The molecule has 16 heavy (non-hydrogen) atoms. The van der Waals surface area contributed by atoms with Crippen LogP contribution < -0.4 is 5.32 Å². The van der Waals surface area contributed by atoms with E-state index in [0.29, 0.717) is 0 Å². The van der Waals surface area contributed by atoms with Crippen molar-refractivity contribution in [3.05, 3.63) is 65.5 Å². The van der Waals surface area contributed by atoms with Gasteiger partial charge < -0.3 is 5.32 Å². The van der Waals surface area contributed by atoms with E-state index in [1.165, 1.54) is 16.7 Å². The van der Waals surface area contributed by atoms with Crippen molar-refractivity contribution in [2.45, 2.75) is 20.0 Å². The van der Waals surface area contributed by atoms with Gasteiger partial charge in [0.1, 0.15) is 0 Å². The van der Waals surface area contributed by atoms with Crippen LogP contribution >= 0.6 is 0 Å². The minimum absolute atomic E-state index is 0.863. The summed E-state index contributed by atoms with van der Waals surface area (Å²) in [4.78, 5) is 4.08. The molecule has 82 valence electrons. The summed E-state index contributed by atoms with van der Waals surface area (Å²) in [5.74, 6) is 0. The quantitative estimate of drug-likeness (QED) is 0.842. The standard InChI is InChI=1S/C14H16N2/c1-12-4-2-5-13(8-12)9-16-11-14-6-3-7-15-10-14/h2-8,10,16H,9,11H2,1H3. The summed E-state index contributed by atoms with van der Waals surface area (Å²) in [6.45, 7) is 3.88. The molecule has 0 fully saturated rings. The molecular formula is C14H16N2. The lowest BCUT2D eigenvalue weighted by atomic mass is 10.1. The van der Waals surface area contributed by atoms with E-state index in [4.69, 9.17) is 0 Å². The summed E-state index contributed by atoms with van der Waals surface area (Å²) in [6.07, 6.45) is 3.69. The Hall–Kier alpha value is -1.67. The maximum atomic E-state index is 4.08. The molecule has 1 aromatic heterocycles. The molecule has 0 amide bonds. The van der Waals surface area contributed by atoms with Gasteiger partial charge in [-0.3, -0.25) is 4.98 Å². The van der Waals surface area contributed by atoms with Crippen molar-refractivity contribution in [1.29, 1.82) is 0 Å². The maximum absolute atomic E-state index is 4.08. The van der Waals surface area contributed by atoms with Crippen molar-refractivity contribution in [2.24, 2.45) is 0 Å². The predicted molar refractivity (Wildman–Crippen MR) is 66.0 cm³/mol. The zero-order valence-corrected chi connectivity index (χ0v) is 9.48. The third-order valence-corrected chi connectivity index (χ3v) is 2.46. The summed E-state index contributed by atoms with van der Waals surface area (Å²) < 4.78 is 0. The Morgan fingerprint density at radius 2 is 1.88 bits per heavy atom. The molecule has 2 heteroatoms. The van der Waals surface area contributed by atoms with Crippen LogP contribution in [0.25, 0.3) is 0 Å². The van der Waals surface area contributed by atoms with E-state index in [1.54, 1.807) is 6.20 Å².